The Morgan fingerprint density at radius 2 is 2.06 bits per heavy atom. The molecule has 2 aromatic heterocycles. The standard InChI is InChI=1S/C9H8N6O3/c16-8(12-6-1-10-5-11-2-6)4-15-3-7(9(17)18)13-14-15/h1-3,5H,4H2,(H,12,16)(H,17,18). The molecule has 18 heavy (non-hydrogen) atoms. The number of aromatic carboxylic acids is 1. The first-order valence-electron chi connectivity index (χ1n) is 4.83. The van der Waals surface area contributed by atoms with E-state index < -0.39 is 5.97 Å². The lowest BCUT2D eigenvalue weighted by Crippen LogP contribution is -2.19. The Balaban J connectivity index is 1.97. The first-order valence-corrected chi connectivity index (χ1v) is 4.83. The van der Waals surface area contributed by atoms with E-state index in [4.69, 9.17) is 5.11 Å². The first kappa shape index (κ1) is 11.6. The number of nitrogens with zero attached hydrogens (tertiary/aromatic N) is 5. The monoisotopic (exact) mass is 248 g/mol. The third kappa shape index (κ3) is 2.84. The number of aromatic nitrogens is 5. The van der Waals surface area contributed by atoms with E-state index in [-0.39, 0.29) is 18.1 Å². The number of hydrogen-bond donors (Lipinski definition) is 2. The van der Waals surface area contributed by atoms with E-state index >= 15 is 0 Å². The molecule has 92 valence electrons. The van der Waals surface area contributed by atoms with E-state index in [1.54, 1.807) is 0 Å². The Morgan fingerprint density at radius 1 is 1.33 bits per heavy atom. The van der Waals surface area contributed by atoms with Gasteiger partial charge in [0, 0.05) is 0 Å². The Bertz CT molecular complexity index is 567. The maximum atomic E-state index is 11.6. The quantitative estimate of drug-likeness (QED) is 0.740. The molecule has 0 aromatic carbocycles. The van der Waals surface area contributed by atoms with Crippen LogP contribution in [0.15, 0.2) is 24.9 Å². The molecule has 9 heteroatoms. The fourth-order valence-corrected chi connectivity index (χ4v) is 1.18. The summed E-state index contributed by atoms with van der Waals surface area (Å²) >= 11 is 0. The Morgan fingerprint density at radius 3 is 2.67 bits per heavy atom. The lowest BCUT2D eigenvalue weighted by molar-refractivity contribution is -0.116. The minimum absolute atomic E-state index is 0.144. The fourth-order valence-electron chi connectivity index (χ4n) is 1.18. The molecule has 1 amide bonds. The van der Waals surface area contributed by atoms with Gasteiger partial charge in [-0.05, 0) is 0 Å². The van der Waals surface area contributed by atoms with E-state index in [0.717, 1.165) is 4.68 Å². The highest BCUT2D eigenvalue weighted by Gasteiger charge is 2.10. The third-order valence-corrected chi connectivity index (χ3v) is 1.91. The highest BCUT2D eigenvalue weighted by Crippen LogP contribution is 2.00. The lowest BCUT2D eigenvalue weighted by Gasteiger charge is -2.02. The minimum atomic E-state index is -1.20. The number of hydrogen-bond acceptors (Lipinski definition) is 6. The van der Waals surface area contributed by atoms with Crippen molar-refractivity contribution < 1.29 is 14.7 Å². The SMILES string of the molecule is O=C(Cn1cc(C(=O)O)nn1)Nc1cncnc1. The zero-order chi connectivity index (χ0) is 13.0. The summed E-state index contributed by atoms with van der Waals surface area (Å²) in [4.78, 5) is 29.6. The van der Waals surface area contributed by atoms with Crippen LogP contribution in [0.3, 0.4) is 0 Å². The number of carbonyl (C=O) groups is 2. The number of nitrogens with one attached hydrogen (secondary N) is 1. The van der Waals surface area contributed by atoms with Crippen molar-refractivity contribution in [1.82, 2.24) is 25.0 Å². The lowest BCUT2D eigenvalue weighted by atomic mass is 10.4. The average Bonchev–Trinajstić information content (AvgIpc) is 2.78. The smallest absolute Gasteiger partial charge is 0.358 e. The predicted molar refractivity (Wildman–Crippen MR) is 57.6 cm³/mol. The Kier molecular flexibility index (Phi) is 3.23. The second-order valence-electron chi connectivity index (χ2n) is 3.28. The molecule has 0 aliphatic heterocycles. The number of carboxylic acids is 1. The van der Waals surface area contributed by atoms with Gasteiger partial charge in [0.05, 0.1) is 24.3 Å². The molecule has 0 bridgehead atoms. The van der Waals surface area contributed by atoms with Crippen molar-refractivity contribution >= 4 is 17.6 Å². The van der Waals surface area contributed by atoms with Gasteiger partial charge in [0.2, 0.25) is 5.91 Å². The van der Waals surface area contributed by atoms with Gasteiger partial charge in [0.1, 0.15) is 12.9 Å². The topological polar surface area (TPSA) is 123 Å². The van der Waals surface area contributed by atoms with Crippen molar-refractivity contribution in [3.05, 3.63) is 30.6 Å². The molecule has 0 aliphatic carbocycles. The van der Waals surface area contributed by atoms with Crippen LogP contribution in [0, 0.1) is 0 Å². The van der Waals surface area contributed by atoms with Crippen LogP contribution in [-0.2, 0) is 11.3 Å². The van der Waals surface area contributed by atoms with Gasteiger partial charge in [0.25, 0.3) is 0 Å². The largest absolute Gasteiger partial charge is 0.476 e. The second kappa shape index (κ2) is 4.99. The molecule has 0 saturated heterocycles. The fraction of sp³-hybridized carbons (Fsp3) is 0.111. The number of anilines is 1. The maximum absolute atomic E-state index is 11.6. The van der Waals surface area contributed by atoms with E-state index in [1.807, 2.05) is 0 Å². The normalized spacial score (nSPS) is 10.0. The summed E-state index contributed by atoms with van der Waals surface area (Å²) in [6.45, 7) is -0.144. The maximum Gasteiger partial charge on any atom is 0.358 e. The van der Waals surface area contributed by atoms with E-state index in [9.17, 15) is 9.59 Å². The molecule has 0 saturated carbocycles. The summed E-state index contributed by atoms with van der Waals surface area (Å²) in [5.41, 5.74) is 0.229. The summed E-state index contributed by atoms with van der Waals surface area (Å²) in [5, 5.41) is 18.1. The van der Waals surface area contributed by atoms with Gasteiger partial charge in [0.15, 0.2) is 5.69 Å². The highest BCUT2D eigenvalue weighted by atomic mass is 16.4. The van der Waals surface area contributed by atoms with Crippen molar-refractivity contribution in [2.24, 2.45) is 0 Å². The summed E-state index contributed by atoms with van der Waals surface area (Å²) in [6.07, 6.45) is 5.39. The van der Waals surface area contributed by atoms with Gasteiger partial charge in [-0.3, -0.25) is 4.79 Å². The third-order valence-electron chi connectivity index (χ3n) is 1.91. The molecule has 9 nitrogen and oxygen atoms in total. The molecule has 2 N–H and O–H groups in total. The van der Waals surface area contributed by atoms with E-state index in [0.29, 0.717) is 5.69 Å². The van der Waals surface area contributed by atoms with Crippen LogP contribution in [0.2, 0.25) is 0 Å². The summed E-state index contributed by atoms with van der Waals surface area (Å²) in [7, 11) is 0. The van der Waals surface area contributed by atoms with Crippen LogP contribution in [0.1, 0.15) is 10.5 Å². The molecule has 2 rings (SSSR count). The van der Waals surface area contributed by atoms with Crippen molar-refractivity contribution in [1.29, 1.82) is 0 Å². The van der Waals surface area contributed by atoms with Gasteiger partial charge in [-0.2, -0.15) is 0 Å². The van der Waals surface area contributed by atoms with Gasteiger partial charge in [-0.1, -0.05) is 5.21 Å². The van der Waals surface area contributed by atoms with Crippen molar-refractivity contribution in [3.63, 3.8) is 0 Å². The van der Waals surface area contributed by atoms with Crippen LogP contribution < -0.4 is 5.32 Å². The minimum Gasteiger partial charge on any atom is -0.476 e. The highest BCUT2D eigenvalue weighted by molar-refractivity contribution is 5.90. The number of carbonyl (C=O) groups excluding carboxylic acids is 1. The van der Waals surface area contributed by atoms with Gasteiger partial charge in [-0.25, -0.2) is 19.4 Å². The first-order chi connectivity index (χ1) is 8.65. The Labute approximate surface area is 100 Å². The zero-order valence-electron chi connectivity index (χ0n) is 9.02. The number of rotatable bonds is 4. The number of carboxylic acid groups (broad SMARTS) is 1. The zero-order valence-corrected chi connectivity index (χ0v) is 9.02. The van der Waals surface area contributed by atoms with E-state index in [1.165, 1.54) is 24.9 Å². The molecular formula is C9H8N6O3. The molecule has 0 aliphatic rings. The van der Waals surface area contributed by atoms with Crippen molar-refractivity contribution in [2.45, 2.75) is 6.54 Å². The molecule has 2 aromatic rings. The molecule has 0 unspecified atom stereocenters. The molecule has 0 fully saturated rings. The van der Waals surface area contributed by atoms with Gasteiger partial charge < -0.3 is 10.4 Å². The second-order valence-corrected chi connectivity index (χ2v) is 3.28. The van der Waals surface area contributed by atoms with Crippen LogP contribution in [-0.4, -0.2) is 41.9 Å². The Hall–Kier alpha value is -2.84. The predicted octanol–water partition coefficient (Wildman–Crippen LogP) is -0.595. The number of amides is 1. The van der Waals surface area contributed by atoms with Gasteiger partial charge >= 0.3 is 5.97 Å². The van der Waals surface area contributed by atoms with Crippen molar-refractivity contribution in [2.75, 3.05) is 5.32 Å². The van der Waals surface area contributed by atoms with Crippen molar-refractivity contribution in [3.8, 4) is 0 Å². The van der Waals surface area contributed by atoms with Gasteiger partial charge in [-0.15, -0.1) is 5.10 Å². The van der Waals surface area contributed by atoms with Crippen LogP contribution in [0.5, 0.6) is 0 Å². The van der Waals surface area contributed by atoms with Crippen LogP contribution in [0.25, 0.3) is 0 Å². The van der Waals surface area contributed by atoms with Crippen LogP contribution in [0.4, 0.5) is 5.69 Å². The van der Waals surface area contributed by atoms with Crippen LogP contribution >= 0.6 is 0 Å². The summed E-state index contributed by atoms with van der Waals surface area (Å²) in [5.74, 6) is -1.58. The summed E-state index contributed by atoms with van der Waals surface area (Å²) in [6, 6.07) is 0. The van der Waals surface area contributed by atoms with E-state index in [2.05, 4.69) is 25.6 Å². The molecule has 0 atom stereocenters. The molecular weight excluding hydrogens is 240 g/mol. The average molecular weight is 248 g/mol. The summed E-state index contributed by atoms with van der Waals surface area (Å²) < 4.78 is 1.13. The molecule has 0 spiro atoms. The molecule has 2 heterocycles. The molecule has 0 radical (unpaired) electrons.